The lowest BCUT2D eigenvalue weighted by atomic mass is 9.81. The predicted octanol–water partition coefficient (Wildman–Crippen LogP) is 2.05. The SMILES string of the molecule is CC1CCC(CCNc2ccc3n[nH]c(=O)n3n2)CC1. The molecule has 6 nitrogen and oxygen atoms in total. The summed E-state index contributed by atoms with van der Waals surface area (Å²) < 4.78 is 1.28. The maximum atomic E-state index is 11.4. The molecule has 0 spiro atoms. The molecular weight excluding hydrogens is 254 g/mol. The van der Waals surface area contributed by atoms with Crippen LogP contribution in [-0.4, -0.2) is 26.4 Å². The fourth-order valence-electron chi connectivity index (χ4n) is 2.92. The van der Waals surface area contributed by atoms with Gasteiger partial charge in [-0.15, -0.1) is 5.10 Å². The smallest absolute Gasteiger partial charge is 0.364 e. The highest BCUT2D eigenvalue weighted by Gasteiger charge is 2.17. The molecule has 0 aliphatic heterocycles. The van der Waals surface area contributed by atoms with Gasteiger partial charge in [0.15, 0.2) is 5.65 Å². The van der Waals surface area contributed by atoms with Crippen LogP contribution in [0.1, 0.15) is 39.0 Å². The molecule has 2 aromatic heterocycles. The Morgan fingerprint density at radius 1 is 1.35 bits per heavy atom. The minimum atomic E-state index is -0.301. The minimum absolute atomic E-state index is 0.301. The van der Waals surface area contributed by atoms with Crippen LogP contribution in [-0.2, 0) is 0 Å². The van der Waals surface area contributed by atoms with Crippen LogP contribution >= 0.6 is 0 Å². The van der Waals surface area contributed by atoms with Crippen LogP contribution in [0.4, 0.5) is 5.82 Å². The summed E-state index contributed by atoms with van der Waals surface area (Å²) in [6, 6.07) is 3.65. The summed E-state index contributed by atoms with van der Waals surface area (Å²) in [6.07, 6.45) is 6.58. The van der Waals surface area contributed by atoms with Gasteiger partial charge in [-0.1, -0.05) is 32.6 Å². The van der Waals surface area contributed by atoms with Crippen molar-refractivity contribution in [3.8, 4) is 0 Å². The van der Waals surface area contributed by atoms with E-state index in [0.717, 1.165) is 24.2 Å². The maximum absolute atomic E-state index is 11.4. The van der Waals surface area contributed by atoms with Crippen molar-refractivity contribution < 1.29 is 0 Å². The minimum Gasteiger partial charge on any atom is -0.369 e. The Bertz CT molecular complexity index is 624. The molecule has 6 heteroatoms. The summed E-state index contributed by atoms with van der Waals surface area (Å²) in [7, 11) is 0. The summed E-state index contributed by atoms with van der Waals surface area (Å²) in [4.78, 5) is 11.4. The zero-order chi connectivity index (χ0) is 13.9. The van der Waals surface area contributed by atoms with Gasteiger partial charge in [-0.3, -0.25) is 0 Å². The normalized spacial score (nSPS) is 23.1. The Morgan fingerprint density at radius 3 is 2.95 bits per heavy atom. The monoisotopic (exact) mass is 275 g/mol. The van der Waals surface area contributed by atoms with E-state index in [1.54, 1.807) is 6.07 Å². The molecule has 108 valence electrons. The lowest BCUT2D eigenvalue weighted by Gasteiger charge is -2.26. The van der Waals surface area contributed by atoms with E-state index < -0.39 is 0 Å². The van der Waals surface area contributed by atoms with Crippen molar-refractivity contribution in [2.75, 3.05) is 11.9 Å². The number of H-pyrrole nitrogens is 1. The molecule has 0 unspecified atom stereocenters. The molecule has 1 aliphatic carbocycles. The molecule has 1 aliphatic rings. The first-order valence-corrected chi connectivity index (χ1v) is 7.40. The second kappa shape index (κ2) is 5.64. The predicted molar refractivity (Wildman–Crippen MR) is 77.8 cm³/mol. The van der Waals surface area contributed by atoms with Gasteiger partial charge in [0, 0.05) is 6.54 Å². The molecule has 2 heterocycles. The van der Waals surface area contributed by atoms with Crippen molar-refractivity contribution in [3.05, 3.63) is 22.6 Å². The third-order valence-corrected chi connectivity index (χ3v) is 4.27. The Labute approximate surface area is 117 Å². The molecule has 0 aromatic carbocycles. The average molecular weight is 275 g/mol. The van der Waals surface area contributed by atoms with Crippen molar-refractivity contribution in [2.45, 2.75) is 39.0 Å². The fraction of sp³-hybridized carbons (Fsp3) is 0.643. The second-order valence-electron chi connectivity index (χ2n) is 5.86. The fourth-order valence-corrected chi connectivity index (χ4v) is 2.92. The lowest BCUT2D eigenvalue weighted by Crippen LogP contribution is -2.17. The molecular formula is C14H21N5O. The quantitative estimate of drug-likeness (QED) is 0.895. The van der Waals surface area contributed by atoms with Crippen molar-refractivity contribution in [2.24, 2.45) is 11.8 Å². The molecule has 1 saturated carbocycles. The van der Waals surface area contributed by atoms with E-state index in [4.69, 9.17) is 0 Å². The molecule has 0 amide bonds. The number of hydrogen-bond acceptors (Lipinski definition) is 4. The van der Waals surface area contributed by atoms with E-state index in [9.17, 15) is 4.79 Å². The van der Waals surface area contributed by atoms with E-state index >= 15 is 0 Å². The molecule has 0 bridgehead atoms. The van der Waals surface area contributed by atoms with Crippen molar-refractivity contribution >= 4 is 11.5 Å². The van der Waals surface area contributed by atoms with Crippen LogP contribution in [0.5, 0.6) is 0 Å². The van der Waals surface area contributed by atoms with Gasteiger partial charge < -0.3 is 5.32 Å². The van der Waals surface area contributed by atoms with E-state index in [1.807, 2.05) is 6.07 Å². The highest BCUT2D eigenvalue weighted by atomic mass is 16.2. The summed E-state index contributed by atoms with van der Waals surface area (Å²) in [6.45, 7) is 3.25. The van der Waals surface area contributed by atoms with Crippen LogP contribution in [0.15, 0.2) is 16.9 Å². The van der Waals surface area contributed by atoms with Crippen molar-refractivity contribution in [3.63, 3.8) is 0 Å². The number of aromatic nitrogens is 4. The highest BCUT2D eigenvalue weighted by Crippen LogP contribution is 2.30. The van der Waals surface area contributed by atoms with Gasteiger partial charge in [-0.05, 0) is 30.4 Å². The molecule has 2 aromatic rings. The highest BCUT2D eigenvalue weighted by molar-refractivity contribution is 5.42. The number of nitrogens with zero attached hydrogens (tertiary/aromatic N) is 3. The van der Waals surface area contributed by atoms with Crippen LogP contribution in [0.25, 0.3) is 5.65 Å². The third-order valence-electron chi connectivity index (χ3n) is 4.27. The molecule has 0 saturated heterocycles. The van der Waals surface area contributed by atoms with Crippen molar-refractivity contribution in [1.82, 2.24) is 19.8 Å². The molecule has 1 fully saturated rings. The largest absolute Gasteiger partial charge is 0.369 e. The van der Waals surface area contributed by atoms with E-state index in [-0.39, 0.29) is 5.69 Å². The first-order valence-electron chi connectivity index (χ1n) is 7.40. The summed E-state index contributed by atoms with van der Waals surface area (Å²) in [5.74, 6) is 2.46. The second-order valence-corrected chi connectivity index (χ2v) is 5.86. The van der Waals surface area contributed by atoms with Gasteiger partial charge in [0.2, 0.25) is 0 Å². The summed E-state index contributed by atoms with van der Waals surface area (Å²) >= 11 is 0. The topological polar surface area (TPSA) is 75.1 Å². The number of hydrogen-bond donors (Lipinski definition) is 2. The van der Waals surface area contributed by atoms with Gasteiger partial charge in [0.05, 0.1) is 0 Å². The third kappa shape index (κ3) is 2.84. The van der Waals surface area contributed by atoms with Crippen molar-refractivity contribution in [1.29, 1.82) is 0 Å². The van der Waals surface area contributed by atoms with E-state index in [1.165, 1.54) is 36.6 Å². The van der Waals surface area contributed by atoms with E-state index in [0.29, 0.717) is 5.65 Å². The van der Waals surface area contributed by atoms with Crippen LogP contribution < -0.4 is 11.0 Å². The first kappa shape index (κ1) is 13.1. The Hall–Kier alpha value is -1.85. The molecule has 20 heavy (non-hydrogen) atoms. The van der Waals surface area contributed by atoms with Gasteiger partial charge in [-0.2, -0.15) is 9.61 Å². The van der Waals surface area contributed by atoms with Gasteiger partial charge >= 0.3 is 5.69 Å². The summed E-state index contributed by atoms with van der Waals surface area (Å²) in [5.41, 5.74) is 0.242. The summed E-state index contributed by atoms with van der Waals surface area (Å²) in [5, 5.41) is 13.8. The van der Waals surface area contributed by atoms with Gasteiger partial charge in [0.25, 0.3) is 0 Å². The Kier molecular flexibility index (Phi) is 3.71. The number of aromatic amines is 1. The van der Waals surface area contributed by atoms with Crippen LogP contribution in [0, 0.1) is 11.8 Å². The standard InChI is InChI=1S/C14H21N5O/c1-10-2-4-11(5-3-10)8-9-15-12-6-7-13-16-17-14(20)19(13)18-12/h6-7,10-11H,2-5,8-9H2,1H3,(H,15,18)(H,17,20). The zero-order valence-corrected chi connectivity index (χ0v) is 11.8. The van der Waals surface area contributed by atoms with Crippen LogP contribution in [0.2, 0.25) is 0 Å². The van der Waals surface area contributed by atoms with E-state index in [2.05, 4.69) is 27.5 Å². The number of rotatable bonds is 4. The maximum Gasteiger partial charge on any atom is 0.364 e. The first-order chi connectivity index (χ1) is 9.72. The van der Waals surface area contributed by atoms with Crippen LogP contribution in [0.3, 0.4) is 0 Å². The Balaban J connectivity index is 1.54. The van der Waals surface area contributed by atoms with Gasteiger partial charge in [0.1, 0.15) is 5.82 Å². The average Bonchev–Trinajstić information content (AvgIpc) is 2.83. The van der Waals surface area contributed by atoms with Gasteiger partial charge in [-0.25, -0.2) is 9.89 Å². The Morgan fingerprint density at radius 2 is 2.15 bits per heavy atom. The zero-order valence-electron chi connectivity index (χ0n) is 11.8. The molecule has 2 N–H and O–H groups in total. The number of nitrogens with one attached hydrogen (secondary N) is 2. The number of fused-ring (bicyclic) bond motifs is 1. The molecule has 0 atom stereocenters. The number of anilines is 1. The lowest BCUT2D eigenvalue weighted by molar-refractivity contribution is 0.282. The molecule has 0 radical (unpaired) electrons. The molecule has 3 rings (SSSR count).